The molecule has 0 atom stereocenters. The summed E-state index contributed by atoms with van der Waals surface area (Å²) in [6.45, 7) is 0. The topological polar surface area (TPSA) is 81.8 Å². The first kappa shape index (κ1) is 14.4. The molecular formula is C17H13N5OS. The highest BCUT2D eigenvalue weighted by molar-refractivity contribution is 7.80. The molecule has 0 bridgehead atoms. The van der Waals surface area contributed by atoms with Crippen molar-refractivity contribution in [3.63, 3.8) is 0 Å². The maximum Gasteiger partial charge on any atom is 0.273 e. The van der Waals surface area contributed by atoms with Crippen LogP contribution >= 0.6 is 12.2 Å². The maximum absolute atomic E-state index is 11.8. The molecule has 6 nitrogen and oxygen atoms in total. The number of hydrogen-bond acceptors (Lipinski definition) is 4. The van der Waals surface area contributed by atoms with Crippen molar-refractivity contribution in [2.75, 3.05) is 5.32 Å². The molecule has 1 fully saturated rings. The fourth-order valence-corrected chi connectivity index (χ4v) is 2.74. The van der Waals surface area contributed by atoms with E-state index in [1.165, 1.54) is 0 Å². The number of aromatic amines is 1. The Hall–Kier alpha value is -3.19. The molecule has 0 unspecified atom stereocenters. The second-order valence-electron chi connectivity index (χ2n) is 5.32. The zero-order chi connectivity index (χ0) is 16.5. The van der Waals surface area contributed by atoms with Gasteiger partial charge < -0.3 is 15.6 Å². The summed E-state index contributed by atoms with van der Waals surface area (Å²) >= 11 is 4.94. The second kappa shape index (κ2) is 5.78. The summed E-state index contributed by atoms with van der Waals surface area (Å²) in [6.07, 6.45) is 5.33. The lowest BCUT2D eigenvalue weighted by atomic mass is 10.1. The van der Waals surface area contributed by atoms with Gasteiger partial charge in [-0.15, -0.1) is 0 Å². The number of thiocarbonyl (C=S) groups is 1. The summed E-state index contributed by atoms with van der Waals surface area (Å²) in [4.78, 5) is 19.3. The minimum absolute atomic E-state index is 0.235. The van der Waals surface area contributed by atoms with Crippen LogP contribution in [0.15, 0.2) is 54.5 Å². The molecule has 1 aliphatic rings. The van der Waals surface area contributed by atoms with Crippen LogP contribution < -0.4 is 16.0 Å². The number of aromatic nitrogens is 2. The highest BCUT2D eigenvalue weighted by atomic mass is 32.1. The minimum Gasteiger partial charge on any atom is -0.354 e. The fourth-order valence-electron chi connectivity index (χ4n) is 2.54. The molecule has 1 aromatic carbocycles. The molecule has 2 aromatic heterocycles. The lowest BCUT2D eigenvalue weighted by molar-refractivity contribution is -0.115. The van der Waals surface area contributed by atoms with Crippen molar-refractivity contribution in [1.82, 2.24) is 20.6 Å². The van der Waals surface area contributed by atoms with E-state index in [0.29, 0.717) is 10.8 Å². The number of carbonyl (C=O) groups excluding carboxylic acids is 1. The van der Waals surface area contributed by atoms with E-state index < -0.39 is 0 Å². The minimum atomic E-state index is -0.235. The maximum atomic E-state index is 11.8. The van der Waals surface area contributed by atoms with E-state index in [1.807, 2.05) is 42.6 Å². The quantitative estimate of drug-likeness (QED) is 0.437. The number of pyridine rings is 1. The Kier molecular flexibility index (Phi) is 3.47. The summed E-state index contributed by atoms with van der Waals surface area (Å²) in [7, 11) is 0. The molecule has 1 amide bonds. The number of H-pyrrole nitrogens is 1. The van der Waals surface area contributed by atoms with Gasteiger partial charge in [-0.2, -0.15) is 0 Å². The third-order valence-electron chi connectivity index (χ3n) is 3.65. The van der Waals surface area contributed by atoms with Crippen molar-refractivity contribution in [2.45, 2.75) is 0 Å². The van der Waals surface area contributed by atoms with E-state index in [1.54, 1.807) is 12.3 Å². The van der Waals surface area contributed by atoms with Crippen LogP contribution in [0.25, 0.3) is 17.1 Å². The molecule has 24 heavy (non-hydrogen) atoms. The Bertz CT molecular complexity index is 977. The Morgan fingerprint density at radius 3 is 2.71 bits per heavy atom. The third-order valence-corrected chi connectivity index (χ3v) is 3.85. The molecule has 0 radical (unpaired) electrons. The largest absolute Gasteiger partial charge is 0.354 e. The molecule has 0 spiro atoms. The van der Waals surface area contributed by atoms with Gasteiger partial charge in [0.05, 0.1) is 11.9 Å². The highest BCUT2D eigenvalue weighted by Gasteiger charge is 2.20. The number of rotatable bonds is 3. The van der Waals surface area contributed by atoms with Crippen molar-refractivity contribution in [3.05, 3.63) is 60.1 Å². The second-order valence-corrected chi connectivity index (χ2v) is 5.73. The molecular weight excluding hydrogens is 322 g/mol. The first-order valence-electron chi connectivity index (χ1n) is 7.32. The van der Waals surface area contributed by atoms with Crippen LogP contribution in [0.3, 0.4) is 0 Å². The summed E-state index contributed by atoms with van der Waals surface area (Å²) in [5.74, 6) is -0.235. The van der Waals surface area contributed by atoms with Crippen LogP contribution in [0.1, 0.15) is 5.56 Å². The Balaban J connectivity index is 1.70. The molecule has 3 aromatic rings. The predicted molar refractivity (Wildman–Crippen MR) is 97.7 cm³/mol. The van der Waals surface area contributed by atoms with Gasteiger partial charge in [0.2, 0.25) is 0 Å². The summed E-state index contributed by atoms with van der Waals surface area (Å²) < 4.78 is 0. The average molecular weight is 335 g/mol. The number of para-hydroxylation sites is 1. The lowest BCUT2D eigenvalue weighted by Crippen LogP contribution is -2.21. The number of anilines is 2. The number of benzene rings is 1. The van der Waals surface area contributed by atoms with E-state index in [-0.39, 0.29) is 5.91 Å². The SMILES string of the molecule is O=C1NC(=S)N/C1=C\c1c[nH]c2ncc(Nc3ccccc3)cc12. The number of nitrogens with one attached hydrogen (secondary N) is 4. The first-order chi connectivity index (χ1) is 11.7. The predicted octanol–water partition coefficient (Wildman–Crippen LogP) is 2.65. The zero-order valence-corrected chi connectivity index (χ0v) is 13.3. The van der Waals surface area contributed by atoms with Gasteiger partial charge in [0, 0.05) is 22.8 Å². The van der Waals surface area contributed by atoms with Crippen molar-refractivity contribution in [3.8, 4) is 0 Å². The van der Waals surface area contributed by atoms with Crippen LogP contribution in [0.2, 0.25) is 0 Å². The number of nitrogens with zero attached hydrogens (tertiary/aromatic N) is 1. The van der Waals surface area contributed by atoms with E-state index in [4.69, 9.17) is 12.2 Å². The molecule has 0 aliphatic carbocycles. The van der Waals surface area contributed by atoms with Gasteiger partial charge in [-0.05, 0) is 36.5 Å². The Morgan fingerprint density at radius 1 is 1.12 bits per heavy atom. The van der Waals surface area contributed by atoms with Gasteiger partial charge in [0.15, 0.2) is 5.11 Å². The van der Waals surface area contributed by atoms with Gasteiger partial charge in [0.25, 0.3) is 5.91 Å². The molecule has 7 heteroatoms. The highest BCUT2D eigenvalue weighted by Crippen LogP contribution is 2.24. The number of hydrogen-bond donors (Lipinski definition) is 4. The Morgan fingerprint density at radius 2 is 1.96 bits per heavy atom. The zero-order valence-electron chi connectivity index (χ0n) is 12.5. The molecule has 1 aliphatic heterocycles. The van der Waals surface area contributed by atoms with Crippen molar-refractivity contribution >= 4 is 51.7 Å². The first-order valence-corrected chi connectivity index (χ1v) is 7.73. The average Bonchev–Trinajstić information content (AvgIpc) is 3.12. The standard InChI is InChI=1S/C17H13N5OS/c23-16-14(21-17(24)22-16)6-10-8-18-15-13(10)7-12(9-19-15)20-11-4-2-1-3-5-11/h1-9,20H,(H,18,19)(H2,21,22,23,24)/b14-6-. The van der Waals surface area contributed by atoms with Gasteiger partial charge in [0.1, 0.15) is 11.3 Å². The van der Waals surface area contributed by atoms with Crippen molar-refractivity contribution in [1.29, 1.82) is 0 Å². The number of fused-ring (bicyclic) bond motifs is 1. The van der Waals surface area contributed by atoms with Crippen LogP contribution in [-0.2, 0) is 4.79 Å². The van der Waals surface area contributed by atoms with Crippen LogP contribution in [0.4, 0.5) is 11.4 Å². The molecule has 1 saturated heterocycles. The monoisotopic (exact) mass is 335 g/mol. The van der Waals surface area contributed by atoms with Crippen LogP contribution in [0, 0.1) is 0 Å². The molecule has 4 N–H and O–H groups in total. The summed E-state index contributed by atoms with van der Waals surface area (Å²) in [5, 5.41) is 9.93. The number of carbonyl (C=O) groups is 1. The van der Waals surface area contributed by atoms with Gasteiger partial charge in [-0.1, -0.05) is 18.2 Å². The molecule has 3 heterocycles. The normalized spacial score (nSPS) is 15.6. The third kappa shape index (κ3) is 2.72. The smallest absolute Gasteiger partial charge is 0.273 e. The van der Waals surface area contributed by atoms with Crippen LogP contribution in [-0.4, -0.2) is 21.0 Å². The van der Waals surface area contributed by atoms with E-state index in [0.717, 1.165) is 28.0 Å². The lowest BCUT2D eigenvalue weighted by Gasteiger charge is -2.06. The number of amides is 1. The molecule has 118 valence electrons. The van der Waals surface area contributed by atoms with E-state index in [2.05, 4.69) is 25.9 Å². The van der Waals surface area contributed by atoms with Crippen LogP contribution in [0.5, 0.6) is 0 Å². The molecule has 4 rings (SSSR count). The van der Waals surface area contributed by atoms with E-state index in [9.17, 15) is 4.79 Å². The van der Waals surface area contributed by atoms with Gasteiger partial charge in [-0.25, -0.2) is 4.98 Å². The Labute approximate surface area is 143 Å². The van der Waals surface area contributed by atoms with E-state index >= 15 is 0 Å². The summed E-state index contributed by atoms with van der Waals surface area (Å²) in [6, 6.07) is 11.9. The van der Waals surface area contributed by atoms with Gasteiger partial charge in [-0.3, -0.25) is 10.1 Å². The van der Waals surface area contributed by atoms with Gasteiger partial charge >= 0.3 is 0 Å². The molecule has 0 saturated carbocycles. The van der Waals surface area contributed by atoms with Crippen molar-refractivity contribution in [2.24, 2.45) is 0 Å². The summed E-state index contributed by atoms with van der Waals surface area (Å²) in [5.41, 5.74) is 3.88. The van der Waals surface area contributed by atoms with Crippen molar-refractivity contribution < 1.29 is 4.79 Å². The fraction of sp³-hybridized carbons (Fsp3) is 0.